The number of carbonyl (C=O) groups is 1. The molecule has 5 heteroatoms. The zero-order valence-corrected chi connectivity index (χ0v) is 10.4. The van der Waals surface area contributed by atoms with E-state index in [1.807, 2.05) is 30.3 Å². The molecule has 5 nitrogen and oxygen atoms in total. The lowest BCUT2D eigenvalue weighted by Crippen LogP contribution is -2.55. The van der Waals surface area contributed by atoms with Gasteiger partial charge in [0, 0.05) is 12.8 Å². The van der Waals surface area contributed by atoms with Gasteiger partial charge in [0.05, 0.1) is 19.3 Å². The van der Waals surface area contributed by atoms with Crippen LogP contribution in [0.15, 0.2) is 30.3 Å². The van der Waals surface area contributed by atoms with Gasteiger partial charge in [-0.15, -0.1) is 0 Å². The smallest absolute Gasteiger partial charge is 0.259 e. The minimum atomic E-state index is -2.09. The number of hydrogen-bond acceptors (Lipinski definition) is 5. The Balaban J connectivity index is 1.74. The monoisotopic (exact) mass is 264 g/mol. The van der Waals surface area contributed by atoms with Gasteiger partial charge in [0.25, 0.3) is 5.79 Å². The quantitative estimate of drug-likeness (QED) is 0.825. The average Bonchev–Trinajstić information content (AvgIpc) is 2.81. The summed E-state index contributed by atoms with van der Waals surface area (Å²) in [6, 6.07) is 9.49. The Bertz CT molecular complexity index is 488. The number of aliphatic hydroxyl groups is 2. The summed E-state index contributed by atoms with van der Waals surface area (Å²) < 4.78 is 10.7. The van der Waals surface area contributed by atoms with Crippen LogP contribution in [0.5, 0.6) is 0 Å². The number of carbonyl (C=O) groups excluding carboxylic acids is 1. The lowest BCUT2D eigenvalue weighted by molar-refractivity contribution is -0.246. The number of benzene rings is 1. The van der Waals surface area contributed by atoms with Gasteiger partial charge in [-0.3, -0.25) is 4.79 Å². The first-order chi connectivity index (χ1) is 9.06. The lowest BCUT2D eigenvalue weighted by atomic mass is 9.93. The Morgan fingerprint density at radius 1 is 1.32 bits per heavy atom. The summed E-state index contributed by atoms with van der Waals surface area (Å²) in [5, 5.41) is 20.6. The molecule has 0 radical (unpaired) electrons. The van der Waals surface area contributed by atoms with Crippen molar-refractivity contribution in [3.8, 4) is 0 Å². The summed E-state index contributed by atoms with van der Waals surface area (Å²) in [4.78, 5) is 11.8. The van der Waals surface area contributed by atoms with Gasteiger partial charge in [-0.05, 0) is 5.56 Å². The van der Waals surface area contributed by atoms with E-state index >= 15 is 0 Å². The first kappa shape index (κ1) is 12.7. The largest absolute Gasteiger partial charge is 0.381 e. The molecular formula is C14H16O5. The highest BCUT2D eigenvalue weighted by atomic mass is 16.7. The van der Waals surface area contributed by atoms with Crippen LogP contribution >= 0.6 is 0 Å². The third-order valence-electron chi connectivity index (χ3n) is 3.96. The molecule has 102 valence electrons. The van der Waals surface area contributed by atoms with E-state index in [9.17, 15) is 15.0 Å². The normalized spacial score (nSPS) is 37.6. The van der Waals surface area contributed by atoms with Gasteiger partial charge >= 0.3 is 0 Å². The summed E-state index contributed by atoms with van der Waals surface area (Å²) in [7, 11) is 0. The highest BCUT2D eigenvalue weighted by molar-refractivity contribution is 5.91. The number of ketones is 1. The van der Waals surface area contributed by atoms with Crippen molar-refractivity contribution in [2.75, 3.05) is 6.61 Å². The summed E-state index contributed by atoms with van der Waals surface area (Å²) in [5.41, 5.74) is -0.674. The molecule has 3 rings (SSSR count). The van der Waals surface area contributed by atoms with Gasteiger partial charge in [-0.2, -0.15) is 0 Å². The van der Waals surface area contributed by atoms with E-state index in [1.54, 1.807) is 0 Å². The van der Waals surface area contributed by atoms with Crippen LogP contribution in [0.2, 0.25) is 0 Å². The van der Waals surface area contributed by atoms with Crippen molar-refractivity contribution in [1.82, 2.24) is 0 Å². The molecule has 1 aromatic carbocycles. The third-order valence-corrected chi connectivity index (χ3v) is 3.96. The summed E-state index contributed by atoms with van der Waals surface area (Å²) >= 11 is 0. The molecule has 2 N–H and O–H groups in total. The summed E-state index contributed by atoms with van der Waals surface area (Å²) in [6.07, 6.45) is -0.554. The first-order valence-electron chi connectivity index (χ1n) is 6.34. The lowest BCUT2D eigenvalue weighted by Gasteiger charge is -2.31. The Hall–Kier alpha value is -1.27. The van der Waals surface area contributed by atoms with Crippen LogP contribution in [-0.4, -0.2) is 40.1 Å². The molecular weight excluding hydrogens is 248 g/mol. The van der Waals surface area contributed by atoms with Crippen molar-refractivity contribution < 1.29 is 24.5 Å². The SMILES string of the molecule is O=C1C[C@@H](OCc2ccccc2)[C@@]2(O)CCO[C@@]12O. The molecule has 2 aliphatic rings. The molecule has 0 bridgehead atoms. The van der Waals surface area contributed by atoms with Crippen LogP contribution in [-0.2, 0) is 20.9 Å². The fourth-order valence-corrected chi connectivity index (χ4v) is 2.79. The predicted molar refractivity (Wildman–Crippen MR) is 65.1 cm³/mol. The van der Waals surface area contributed by atoms with E-state index in [-0.39, 0.29) is 26.1 Å². The molecule has 3 atom stereocenters. The second kappa shape index (κ2) is 4.38. The van der Waals surface area contributed by atoms with E-state index in [1.165, 1.54) is 0 Å². The Kier molecular flexibility index (Phi) is 2.94. The molecule has 1 heterocycles. The molecule has 0 amide bonds. The van der Waals surface area contributed by atoms with E-state index in [4.69, 9.17) is 9.47 Å². The molecule has 2 fully saturated rings. The van der Waals surface area contributed by atoms with Gasteiger partial charge in [-0.1, -0.05) is 30.3 Å². The van der Waals surface area contributed by atoms with Crippen molar-refractivity contribution in [3.05, 3.63) is 35.9 Å². The molecule has 19 heavy (non-hydrogen) atoms. The highest BCUT2D eigenvalue weighted by Crippen LogP contribution is 2.46. The predicted octanol–water partition coefficient (Wildman–Crippen LogP) is 0.385. The second-order valence-electron chi connectivity index (χ2n) is 5.08. The van der Waals surface area contributed by atoms with Crippen molar-refractivity contribution in [2.45, 2.75) is 36.9 Å². The van der Waals surface area contributed by atoms with Gasteiger partial charge in [-0.25, -0.2) is 0 Å². The van der Waals surface area contributed by atoms with Crippen molar-refractivity contribution in [2.24, 2.45) is 0 Å². The van der Waals surface area contributed by atoms with Gasteiger partial charge in [0.2, 0.25) is 0 Å². The van der Waals surface area contributed by atoms with Gasteiger partial charge in [0.15, 0.2) is 11.4 Å². The Morgan fingerprint density at radius 2 is 2.05 bits per heavy atom. The van der Waals surface area contributed by atoms with E-state index < -0.39 is 23.3 Å². The molecule has 1 aliphatic heterocycles. The maximum atomic E-state index is 11.8. The van der Waals surface area contributed by atoms with Crippen molar-refractivity contribution in [1.29, 1.82) is 0 Å². The van der Waals surface area contributed by atoms with E-state index in [0.29, 0.717) is 0 Å². The average molecular weight is 264 g/mol. The van der Waals surface area contributed by atoms with Gasteiger partial charge < -0.3 is 19.7 Å². The zero-order valence-electron chi connectivity index (χ0n) is 10.4. The second-order valence-corrected chi connectivity index (χ2v) is 5.08. The maximum Gasteiger partial charge on any atom is 0.259 e. The van der Waals surface area contributed by atoms with E-state index in [2.05, 4.69) is 0 Å². The number of Topliss-reactive ketones (excluding diaryl/α,β-unsaturated/α-hetero) is 1. The molecule has 0 aromatic heterocycles. The topological polar surface area (TPSA) is 76.0 Å². The number of hydrogen-bond donors (Lipinski definition) is 2. The first-order valence-corrected chi connectivity index (χ1v) is 6.34. The molecule has 0 unspecified atom stereocenters. The van der Waals surface area contributed by atoms with Gasteiger partial charge in [0.1, 0.15) is 0 Å². The molecule has 0 spiro atoms. The zero-order chi connectivity index (χ0) is 13.5. The molecule has 1 saturated carbocycles. The fraction of sp³-hybridized carbons (Fsp3) is 0.500. The van der Waals surface area contributed by atoms with Crippen LogP contribution < -0.4 is 0 Å². The Morgan fingerprint density at radius 3 is 2.79 bits per heavy atom. The van der Waals surface area contributed by atoms with Crippen LogP contribution in [0.1, 0.15) is 18.4 Å². The number of ether oxygens (including phenoxy) is 2. The van der Waals surface area contributed by atoms with Crippen molar-refractivity contribution in [3.63, 3.8) is 0 Å². The maximum absolute atomic E-state index is 11.8. The van der Waals surface area contributed by atoms with Crippen LogP contribution in [0.4, 0.5) is 0 Å². The molecule has 1 aliphatic carbocycles. The standard InChI is InChI=1S/C14H16O5/c15-11-8-12(13(16)6-7-19-14(11,13)17)18-9-10-4-2-1-3-5-10/h1-5,12,16-17H,6-9H2/t12-,13+,14+/m1/s1. The summed E-state index contributed by atoms with van der Waals surface area (Å²) in [6.45, 7) is 0.446. The number of fused-ring (bicyclic) bond motifs is 1. The fourth-order valence-electron chi connectivity index (χ4n) is 2.79. The summed E-state index contributed by atoms with van der Waals surface area (Å²) in [5.74, 6) is -2.60. The molecule has 1 aromatic rings. The van der Waals surface area contributed by atoms with Crippen molar-refractivity contribution >= 4 is 5.78 Å². The van der Waals surface area contributed by atoms with Crippen LogP contribution in [0.25, 0.3) is 0 Å². The minimum Gasteiger partial charge on any atom is -0.381 e. The third kappa shape index (κ3) is 1.81. The Labute approximate surface area is 110 Å². The van der Waals surface area contributed by atoms with Crippen LogP contribution in [0.3, 0.4) is 0 Å². The number of rotatable bonds is 3. The highest BCUT2D eigenvalue weighted by Gasteiger charge is 2.69. The minimum absolute atomic E-state index is 0.0279. The van der Waals surface area contributed by atoms with E-state index in [0.717, 1.165) is 5.56 Å². The molecule has 1 saturated heterocycles. The van der Waals surface area contributed by atoms with Crippen LogP contribution in [0, 0.1) is 0 Å².